The van der Waals surface area contributed by atoms with E-state index in [4.69, 9.17) is 15.0 Å². The van der Waals surface area contributed by atoms with Gasteiger partial charge in [0.25, 0.3) is 0 Å². The zero-order chi connectivity index (χ0) is 22.8. The number of aliphatic imine (C=N–C) groups is 1. The number of H-pyrrole nitrogens is 1. The summed E-state index contributed by atoms with van der Waals surface area (Å²) < 4.78 is 0. The molecule has 2 N–H and O–H groups in total. The average Bonchev–Trinajstić information content (AvgIpc) is 3.33. The molecule has 0 aliphatic carbocycles. The smallest absolute Gasteiger partial charge is 0.226 e. The molecule has 0 atom stereocenters. The molecule has 0 bridgehead atoms. The number of anilines is 2. The number of rotatable bonds is 5. The summed E-state index contributed by atoms with van der Waals surface area (Å²) in [5.74, 6) is 1.01. The summed E-state index contributed by atoms with van der Waals surface area (Å²) in [5, 5.41) is 10.6. The van der Waals surface area contributed by atoms with Gasteiger partial charge >= 0.3 is 0 Å². The van der Waals surface area contributed by atoms with Gasteiger partial charge in [0.15, 0.2) is 0 Å². The Bertz CT molecular complexity index is 1290. The maximum Gasteiger partial charge on any atom is 0.226 e. The first-order valence-electron chi connectivity index (χ1n) is 11.3. The molecule has 1 aromatic carbocycles. The van der Waals surface area contributed by atoms with E-state index in [2.05, 4.69) is 26.7 Å². The Hall–Kier alpha value is -3.94. The van der Waals surface area contributed by atoms with Crippen molar-refractivity contribution in [2.75, 3.05) is 36.0 Å². The lowest BCUT2D eigenvalue weighted by Crippen LogP contribution is -2.47. The van der Waals surface area contributed by atoms with Gasteiger partial charge in [0.1, 0.15) is 22.8 Å². The summed E-state index contributed by atoms with van der Waals surface area (Å²) in [6.45, 7) is 7.41. The van der Waals surface area contributed by atoms with Crippen molar-refractivity contribution in [3.8, 4) is 17.0 Å². The highest BCUT2D eigenvalue weighted by Gasteiger charge is 2.23. The number of fused-ring (bicyclic) bond motifs is 1. The van der Waals surface area contributed by atoms with Crippen molar-refractivity contribution in [3.63, 3.8) is 0 Å². The van der Waals surface area contributed by atoms with Crippen LogP contribution < -0.4 is 9.80 Å². The Kier molecular flexibility index (Phi) is 5.64. The highest BCUT2D eigenvalue weighted by atomic mass is 16.3. The van der Waals surface area contributed by atoms with E-state index >= 15 is 0 Å². The van der Waals surface area contributed by atoms with E-state index in [1.54, 1.807) is 18.3 Å². The highest BCUT2D eigenvalue weighted by Crippen LogP contribution is 2.36. The molecule has 4 heterocycles. The average molecular weight is 442 g/mol. The molecule has 3 aromatic heterocycles. The Morgan fingerprint density at radius 2 is 1.79 bits per heavy atom. The standard InChI is InChI=1S/C25H27N7O/c1-3-10-26-22-17(2)29-25(30-23(22)20-8-11-27-24-21(20)9-12-28-24)32-15-13-31(14-16-32)18-4-6-19(33)7-5-18/h4-12,33H,3,13-16H2,1-2H3,(H,27,28). The van der Waals surface area contributed by atoms with Crippen LogP contribution in [0.1, 0.15) is 19.0 Å². The molecule has 1 saturated heterocycles. The molecule has 1 aliphatic heterocycles. The maximum atomic E-state index is 9.56. The first-order valence-corrected chi connectivity index (χ1v) is 11.3. The summed E-state index contributed by atoms with van der Waals surface area (Å²) in [5.41, 5.74) is 5.44. The van der Waals surface area contributed by atoms with E-state index in [9.17, 15) is 5.11 Å². The predicted molar refractivity (Wildman–Crippen MR) is 133 cm³/mol. The molecule has 1 fully saturated rings. The monoisotopic (exact) mass is 441 g/mol. The van der Waals surface area contributed by atoms with Crippen molar-refractivity contribution < 1.29 is 5.11 Å². The number of phenols is 1. The first kappa shape index (κ1) is 20.9. The van der Waals surface area contributed by atoms with Gasteiger partial charge in [-0.3, -0.25) is 4.99 Å². The van der Waals surface area contributed by atoms with Gasteiger partial charge in [-0.05, 0) is 49.7 Å². The molecular weight excluding hydrogens is 414 g/mol. The van der Waals surface area contributed by atoms with Crippen molar-refractivity contribution in [2.45, 2.75) is 20.3 Å². The number of aromatic hydroxyl groups is 1. The van der Waals surface area contributed by atoms with Crippen LogP contribution in [-0.4, -0.2) is 57.4 Å². The predicted octanol–water partition coefficient (Wildman–Crippen LogP) is 4.47. The van der Waals surface area contributed by atoms with Crippen LogP contribution in [0.25, 0.3) is 22.3 Å². The van der Waals surface area contributed by atoms with Crippen LogP contribution in [0.2, 0.25) is 0 Å². The van der Waals surface area contributed by atoms with Crippen molar-refractivity contribution in [3.05, 3.63) is 54.5 Å². The Morgan fingerprint density at radius 3 is 2.55 bits per heavy atom. The van der Waals surface area contributed by atoms with Crippen LogP contribution in [0, 0.1) is 6.92 Å². The normalized spacial score (nSPS) is 14.5. The van der Waals surface area contributed by atoms with Gasteiger partial charge in [0.2, 0.25) is 5.95 Å². The fourth-order valence-corrected chi connectivity index (χ4v) is 4.21. The molecule has 168 valence electrons. The van der Waals surface area contributed by atoms with Crippen molar-refractivity contribution in [2.24, 2.45) is 4.99 Å². The van der Waals surface area contributed by atoms with E-state index in [0.717, 1.165) is 77.9 Å². The van der Waals surface area contributed by atoms with Gasteiger partial charge in [0, 0.05) is 61.4 Å². The van der Waals surface area contributed by atoms with Crippen molar-refractivity contribution >= 4 is 34.6 Å². The van der Waals surface area contributed by atoms with Crippen molar-refractivity contribution in [1.29, 1.82) is 0 Å². The van der Waals surface area contributed by atoms with Crippen LogP contribution in [0.3, 0.4) is 0 Å². The number of phenolic OH excluding ortho intramolecular Hbond substituents is 1. The Morgan fingerprint density at radius 1 is 1.03 bits per heavy atom. The number of aromatic nitrogens is 4. The third kappa shape index (κ3) is 4.11. The number of nitrogens with zero attached hydrogens (tertiary/aromatic N) is 6. The lowest BCUT2D eigenvalue weighted by Gasteiger charge is -2.36. The second-order valence-electron chi connectivity index (χ2n) is 8.12. The summed E-state index contributed by atoms with van der Waals surface area (Å²) >= 11 is 0. The number of hydrogen-bond acceptors (Lipinski definition) is 7. The summed E-state index contributed by atoms with van der Waals surface area (Å²) in [4.78, 5) is 26.7. The minimum absolute atomic E-state index is 0.284. The molecule has 8 heteroatoms. The van der Waals surface area contributed by atoms with Gasteiger partial charge in [-0.1, -0.05) is 6.92 Å². The number of aromatic amines is 1. The number of nitrogens with one attached hydrogen (secondary N) is 1. The first-order chi connectivity index (χ1) is 16.1. The van der Waals surface area contributed by atoms with Gasteiger partial charge in [-0.2, -0.15) is 0 Å². The molecule has 0 spiro atoms. The van der Waals surface area contributed by atoms with Crippen LogP contribution in [-0.2, 0) is 0 Å². The summed E-state index contributed by atoms with van der Waals surface area (Å²) in [7, 11) is 0. The highest BCUT2D eigenvalue weighted by molar-refractivity contribution is 5.95. The summed E-state index contributed by atoms with van der Waals surface area (Å²) in [6, 6.07) is 11.4. The molecule has 1 aliphatic rings. The second-order valence-corrected chi connectivity index (χ2v) is 8.12. The maximum absolute atomic E-state index is 9.56. The molecule has 8 nitrogen and oxygen atoms in total. The Labute approximate surface area is 192 Å². The van der Waals surface area contributed by atoms with Gasteiger partial charge in [0.05, 0.1) is 5.69 Å². The molecule has 4 aromatic rings. The fourth-order valence-electron chi connectivity index (χ4n) is 4.21. The van der Waals surface area contributed by atoms with Gasteiger partial charge in [-0.25, -0.2) is 15.0 Å². The van der Waals surface area contributed by atoms with Gasteiger partial charge < -0.3 is 19.9 Å². The minimum atomic E-state index is 0.284. The van der Waals surface area contributed by atoms with Crippen LogP contribution in [0.4, 0.5) is 17.3 Å². The number of piperazine rings is 1. The third-order valence-electron chi connectivity index (χ3n) is 5.94. The van der Waals surface area contributed by atoms with Crippen LogP contribution >= 0.6 is 0 Å². The fraction of sp³-hybridized carbons (Fsp3) is 0.280. The zero-order valence-electron chi connectivity index (χ0n) is 18.9. The largest absolute Gasteiger partial charge is 0.508 e. The minimum Gasteiger partial charge on any atom is -0.508 e. The lowest BCUT2D eigenvalue weighted by molar-refractivity contribution is 0.475. The van der Waals surface area contributed by atoms with E-state index in [-0.39, 0.29) is 5.75 Å². The second kappa shape index (κ2) is 8.90. The quantitative estimate of drug-likeness (QED) is 0.444. The molecule has 0 radical (unpaired) electrons. The Balaban J connectivity index is 1.49. The number of pyridine rings is 1. The third-order valence-corrected chi connectivity index (χ3v) is 5.94. The molecule has 33 heavy (non-hydrogen) atoms. The number of hydrogen-bond donors (Lipinski definition) is 2. The van der Waals surface area contributed by atoms with E-state index < -0.39 is 0 Å². The van der Waals surface area contributed by atoms with E-state index in [1.807, 2.05) is 43.6 Å². The van der Waals surface area contributed by atoms with Crippen LogP contribution in [0.5, 0.6) is 5.75 Å². The van der Waals surface area contributed by atoms with Gasteiger partial charge in [-0.15, -0.1) is 0 Å². The molecule has 5 rings (SSSR count). The molecular formula is C25H27N7O. The zero-order valence-corrected chi connectivity index (χ0v) is 18.9. The molecule has 0 unspecified atom stereocenters. The summed E-state index contributed by atoms with van der Waals surface area (Å²) in [6.07, 6.45) is 6.44. The van der Waals surface area contributed by atoms with Crippen molar-refractivity contribution in [1.82, 2.24) is 19.9 Å². The number of benzene rings is 1. The van der Waals surface area contributed by atoms with E-state index in [0.29, 0.717) is 0 Å². The molecule has 0 amide bonds. The lowest BCUT2D eigenvalue weighted by atomic mass is 10.1. The number of aryl methyl sites for hydroxylation is 1. The topological polar surface area (TPSA) is 93.5 Å². The van der Waals surface area contributed by atoms with E-state index in [1.165, 1.54) is 0 Å². The SMILES string of the molecule is CCC=Nc1c(C)nc(N2CCN(c3ccc(O)cc3)CC2)nc1-c1ccnc2[nH]ccc12. The van der Waals surface area contributed by atoms with Crippen LogP contribution in [0.15, 0.2) is 53.8 Å². The molecule has 0 saturated carbocycles.